The van der Waals surface area contributed by atoms with Crippen LogP contribution in [-0.4, -0.2) is 20.7 Å². The van der Waals surface area contributed by atoms with Crippen LogP contribution in [0.15, 0.2) is 67.0 Å². The number of hydrogen-bond donors (Lipinski definition) is 1. The number of fused-ring (bicyclic) bond motifs is 2. The van der Waals surface area contributed by atoms with E-state index in [0.29, 0.717) is 5.56 Å². The summed E-state index contributed by atoms with van der Waals surface area (Å²) in [5.41, 5.74) is 5.72. The van der Waals surface area contributed by atoms with Crippen molar-refractivity contribution >= 4 is 16.8 Å². The molecule has 5 rings (SSSR count). The number of pyridine rings is 1. The lowest BCUT2D eigenvalue weighted by molar-refractivity contribution is 0.0934. The summed E-state index contributed by atoms with van der Waals surface area (Å²) in [7, 11) is 0. The molecule has 1 aliphatic rings. The average molecular weight is 396 g/mol. The summed E-state index contributed by atoms with van der Waals surface area (Å²) in [5.74, 6) is -0.0561. The second kappa shape index (κ2) is 7.75. The number of rotatable bonds is 4. The molecule has 0 saturated heterocycles. The molecule has 2 heterocycles. The lowest BCUT2D eigenvalue weighted by atomic mass is 9.87. The van der Waals surface area contributed by atoms with Gasteiger partial charge in [0.15, 0.2) is 0 Å². The van der Waals surface area contributed by atoms with Gasteiger partial charge in [-0.2, -0.15) is 5.10 Å². The first kappa shape index (κ1) is 18.6. The smallest absolute Gasteiger partial charge is 0.252 e. The van der Waals surface area contributed by atoms with Gasteiger partial charge in [-0.3, -0.25) is 9.48 Å². The van der Waals surface area contributed by atoms with Crippen LogP contribution in [0, 0.1) is 0 Å². The number of nitrogens with zero attached hydrogens (tertiary/aromatic N) is 3. The molecular weight excluding hydrogens is 372 g/mol. The largest absolute Gasteiger partial charge is 0.345 e. The quantitative estimate of drug-likeness (QED) is 0.532. The maximum Gasteiger partial charge on any atom is 0.252 e. The van der Waals surface area contributed by atoms with Gasteiger partial charge in [-0.1, -0.05) is 42.5 Å². The molecule has 0 unspecified atom stereocenters. The molecule has 0 radical (unpaired) electrons. The predicted molar refractivity (Wildman–Crippen MR) is 118 cm³/mol. The third-order valence-corrected chi connectivity index (χ3v) is 5.89. The molecule has 4 aromatic rings. The van der Waals surface area contributed by atoms with Gasteiger partial charge in [-0.25, -0.2) is 4.98 Å². The van der Waals surface area contributed by atoms with E-state index in [4.69, 9.17) is 4.98 Å². The number of para-hydroxylation sites is 1. The highest BCUT2D eigenvalue weighted by molar-refractivity contribution is 6.07. The number of aromatic nitrogens is 3. The van der Waals surface area contributed by atoms with Gasteiger partial charge in [0.1, 0.15) is 0 Å². The second-order valence-corrected chi connectivity index (χ2v) is 7.77. The van der Waals surface area contributed by atoms with Crippen molar-refractivity contribution in [3.05, 3.63) is 83.7 Å². The Bertz CT molecular complexity index is 1230. The fraction of sp³-hybridized carbons (Fsp3) is 0.240. The molecule has 2 aromatic carbocycles. The van der Waals surface area contributed by atoms with Crippen LogP contribution in [0.3, 0.4) is 0 Å². The Hall–Kier alpha value is -3.47. The lowest BCUT2D eigenvalue weighted by Crippen LogP contribution is -2.31. The number of aryl methyl sites for hydroxylation is 2. The summed E-state index contributed by atoms with van der Waals surface area (Å²) in [6, 6.07) is 18.2. The summed E-state index contributed by atoms with van der Waals surface area (Å²) in [4.78, 5) is 18.2. The van der Waals surface area contributed by atoms with E-state index in [1.54, 1.807) is 6.20 Å². The third-order valence-electron chi connectivity index (χ3n) is 5.89. The third kappa shape index (κ3) is 3.36. The zero-order valence-corrected chi connectivity index (χ0v) is 17.0. The van der Waals surface area contributed by atoms with Gasteiger partial charge in [-0.05, 0) is 49.4 Å². The molecular formula is C25H24N4O. The first-order chi connectivity index (χ1) is 14.7. The van der Waals surface area contributed by atoms with E-state index in [2.05, 4.69) is 34.7 Å². The molecule has 0 bridgehead atoms. The van der Waals surface area contributed by atoms with Crippen LogP contribution in [0.1, 0.15) is 47.3 Å². The molecule has 0 fully saturated rings. The minimum atomic E-state index is -0.0561. The predicted octanol–water partition coefficient (Wildman–Crippen LogP) is 4.93. The van der Waals surface area contributed by atoms with E-state index < -0.39 is 0 Å². The topological polar surface area (TPSA) is 59.8 Å². The molecule has 1 amide bonds. The Morgan fingerprint density at radius 3 is 2.87 bits per heavy atom. The summed E-state index contributed by atoms with van der Waals surface area (Å²) in [6.07, 6.45) is 6.89. The summed E-state index contributed by atoms with van der Waals surface area (Å²) in [5, 5.41) is 8.52. The van der Waals surface area contributed by atoms with E-state index in [-0.39, 0.29) is 11.9 Å². The fourth-order valence-electron chi connectivity index (χ4n) is 4.32. The molecule has 5 nitrogen and oxygen atoms in total. The Labute approximate surface area is 175 Å². The maximum absolute atomic E-state index is 13.4. The summed E-state index contributed by atoms with van der Waals surface area (Å²) < 4.78 is 1.87. The van der Waals surface area contributed by atoms with Gasteiger partial charge in [0.2, 0.25) is 0 Å². The molecule has 0 spiro atoms. The molecule has 0 aliphatic heterocycles. The van der Waals surface area contributed by atoms with Gasteiger partial charge in [-0.15, -0.1) is 0 Å². The molecule has 2 aromatic heterocycles. The highest BCUT2D eigenvalue weighted by Crippen LogP contribution is 2.31. The standard InChI is InChI=1S/C25H24N4O/c1-2-29-16-18(15-26-29)24-14-21(20-11-5-6-12-23(20)27-24)25(30)28-22-13-7-9-17-8-3-4-10-19(17)22/h3-6,8,10-12,14-16,22H,2,7,9,13H2,1H3,(H,28,30)/t22-/m0/s1. The van der Waals surface area contributed by atoms with Crippen molar-refractivity contribution in [3.63, 3.8) is 0 Å². The van der Waals surface area contributed by atoms with Gasteiger partial charge >= 0.3 is 0 Å². The minimum Gasteiger partial charge on any atom is -0.345 e. The van der Waals surface area contributed by atoms with Crippen LogP contribution in [0.25, 0.3) is 22.2 Å². The van der Waals surface area contributed by atoms with Gasteiger partial charge in [0.05, 0.1) is 29.0 Å². The molecule has 1 N–H and O–H groups in total. The van der Waals surface area contributed by atoms with Crippen molar-refractivity contribution in [2.45, 2.75) is 38.8 Å². The van der Waals surface area contributed by atoms with Gasteiger partial charge in [0, 0.05) is 23.7 Å². The second-order valence-electron chi connectivity index (χ2n) is 7.77. The van der Waals surface area contributed by atoms with Crippen molar-refractivity contribution in [1.29, 1.82) is 0 Å². The highest BCUT2D eigenvalue weighted by atomic mass is 16.1. The van der Waals surface area contributed by atoms with E-state index in [0.717, 1.165) is 48.0 Å². The van der Waals surface area contributed by atoms with Gasteiger partial charge in [0.25, 0.3) is 5.91 Å². The average Bonchev–Trinajstić information content (AvgIpc) is 3.28. The van der Waals surface area contributed by atoms with Crippen LogP contribution in [-0.2, 0) is 13.0 Å². The maximum atomic E-state index is 13.4. The number of carbonyl (C=O) groups excluding carboxylic acids is 1. The van der Waals surface area contributed by atoms with Crippen LogP contribution in [0.2, 0.25) is 0 Å². The van der Waals surface area contributed by atoms with Crippen LogP contribution in [0.4, 0.5) is 0 Å². The summed E-state index contributed by atoms with van der Waals surface area (Å²) >= 11 is 0. The normalized spacial score (nSPS) is 15.7. The van der Waals surface area contributed by atoms with Crippen LogP contribution in [0.5, 0.6) is 0 Å². The molecule has 30 heavy (non-hydrogen) atoms. The first-order valence-corrected chi connectivity index (χ1v) is 10.5. The van der Waals surface area contributed by atoms with Crippen molar-refractivity contribution in [1.82, 2.24) is 20.1 Å². The fourth-order valence-corrected chi connectivity index (χ4v) is 4.32. The Kier molecular flexibility index (Phi) is 4.79. The Morgan fingerprint density at radius 2 is 2.00 bits per heavy atom. The Morgan fingerprint density at radius 1 is 1.17 bits per heavy atom. The van der Waals surface area contributed by atoms with Gasteiger partial charge < -0.3 is 5.32 Å². The number of carbonyl (C=O) groups is 1. The van der Waals surface area contributed by atoms with Crippen molar-refractivity contribution in [3.8, 4) is 11.3 Å². The molecule has 150 valence electrons. The van der Waals surface area contributed by atoms with E-state index >= 15 is 0 Å². The highest BCUT2D eigenvalue weighted by Gasteiger charge is 2.23. The number of hydrogen-bond acceptors (Lipinski definition) is 3. The summed E-state index contributed by atoms with van der Waals surface area (Å²) in [6.45, 7) is 2.84. The SMILES string of the molecule is CCn1cc(-c2cc(C(=O)N[C@H]3CCCc4ccccc43)c3ccccc3n2)cn1. The number of nitrogens with one attached hydrogen (secondary N) is 1. The number of benzene rings is 2. The van der Waals surface area contributed by atoms with Crippen molar-refractivity contribution in [2.75, 3.05) is 0 Å². The Balaban J connectivity index is 1.54. The molecule has 0 saturated carbocycles. The molecule has 1 aliphatic carbocycles. The monoisotopic (exact) mass is 396 g/mol. The minimum absolute atomic E-state index is 0.0423. The zero-order chi connectivity index (χ0) is 20.5. The van der Waals surface area contributed by atoms with Crippen molar-refractivity contribution in [2.24, 2.45) is 0 Å². The van der Waals surface area contributed by atoms with Crippen LogP contribution < -0.4 is 5.32 Å². The van der Waals surface area contributed by atoms with E-state index in [9.17, 15) is 4.79 Å². The number of amides is 1. The van der Waals surface area contributed by atoms with Crippen LogP contribution >= 0.6 is 0 Å². The van der Waals surface area contributed by atoms with Crippen molar-refractivity contribution < 1.29 is 4.79 Å². The zero-order valence-electron chi connectivity index (χ0n) is 17.0. The molecule has 1 atom stereocenters. The molecule has 5 heteroatoms. The van der Waals surface area contributed by atoms with E-state index in [1.165, 1.54) is 11.1 Å². The first-order valence-electron chi connectivity index (χ1n) is 10.5. The van der Waals surface area contributed by atoms with E-state index in [1.807, 2.05) is 48.1 Å². The lowest BCUT2D eigenvalue weighted by Gasteiger charge is -2.26.